The normalized spacial score (nSPS) is 10.7. The zero-order chi connectivity index (χ0) is 15.2. The lowest BCUT2D eigenvalue weighted by atomic mass is 10.2. The molecule has 0 atom stereocenters. The van der Waals surface area contributed by atoms with E-state index in [1.165, 1.54) is 0 Å². The first-order valence-electron chi connectivity index (χ1n) is 7.04. The van der Waals surface area contributed by atoms with Gasteiger partial charge in [-0.3, -0.25) is 0 Å². The molecule has 0 amide bonds. The summed E-state index contributed by atoms with van der Waals surface area (Å²) in [5, 5.41) is 3.34. The van der Waals surface area contributed by atoms with Crippen LogP contribution in [0, 0.1) is 12.7 Å². The summed E-state index contributed by atoms with van der Waals surface area (Å²) in [4.78, 5) is 0. The number of ether oxygens (including phenoxy) is 1. The predicted molar refractivity (Wildman–Crippen MR) is 87.4 cm³/mol. The van der Waals surface area contributed by atoms with Crippen LogP contribution in [0.25, 0.3) is 0 Å². The van der Waals surface area contributed by atoms with Crippen molar-refractivity contribution in [3.8, 4) is 11.5 Å². The van der Waals surface area contributed by atoms with Gasteiger partial charge >= 0.3 is 0 Å². The summed E-state index contributed by atoms with van der Waals surface area (Å²) in [5.41, 5.74) is 1.58. The number of nitrogens with one attached hydrogen (secondary N) is 1. The summed E-state index contributed by atoms with van der Waals surface area (Å²) in [7, 11) is 0. The number of hydrogen-bond donors (Lipinski definition) is 1. The largest absolute Gasteiger partial charge is 0.454 e. The first kappa shape index (κ1) is 16.0. The fraction of sp³-hybridized carbons (Fsp3) is 0.294. The Bertz CT molecular complexity index is 616. The second-order valence-electron chi connectivity index (χ2n) is 4.92. The molecule has 0 saturated heterocycles. The van der Waals surface area contributed by atoms with Crippen LogP contribution >= 0.6 is 15.9 Å². The fourth-order valence-electron chi connectivity index (χ4n) is 2.00. The van der Waals surface area contributed by atoms with Gasteiger partial charge in [0.05, 0.1) is 0 Å². The minimum absolute atomic E-state index is 0.258. The zero-order valence-electron chi connectivity index (χ0n) is 12.2. The van der Waals surface area contributed by atoms with E-state index in [-0.39, 0.29) is 11.6 Å². The molecule has 2 aromatic carbocycles. The second-order valence-corrected chi connectivity index (χ2v) is 5.83. The van der Waals surface area contributed by atoms with Crippen molar-refractivity contribution in [2.75, 3.05) is 6.54 Å². The van der Waals surface area contributed by atoms with E-state index in [1.807, 2.05) is 18.2 Å². The minimum Gasteiger partial charge on any atom is -0.454 e. The topological polar surface area (TPSA) is 21.3 Å². The Balaban J connectivity index is 2.24. The first-order valence-corrected chi connectivity index (χ1v) is 7.83. The van der Waals surface area contributed by atoms with Crippen LogP contribution in [0.5, 0.6) is 11.5 Å². The van der Waals surface area contributed by atoms with Crippen LogP contribution in [0.3, 0.4) is 0 Å². The van der Waals surface area contributed by atoms with Crippen LogP contribution in [0.15, 0.2) is 40.9 Å². The van der Waals surface area contributed by atoms with Gasteiger partial charge in [0.15, 0.2) is 11.6 Å². The Morgan fingerprint density at radius 3 is 2.76 bits per heavy atom. The SMILES string of the molecule is CCCNCc1cc(Br)ccc1Oc1cccc(C)c1F. The smallest absolute Gasteiger partial charge is 0.168 e. The summed E-state index contributed by atoms with van der Waals surface area (Å²) in [5.74, 6) is 0.619. The van der Waals surface area contributed by atoms with Gasteiger partial charge in [0.25, 0.3) is 0 Å². The van der Waals surface area contributed by atoms with Gasteiger partial charge in [-0.15, -0.1) is 0 Å². The number of rotatable bonds is 6. The van der Waals surface area contributed by atoms with Gasteiger partial charge < -0.3 is 10.1 Å². The molecule has 0 aliphatic heterocycles. The molecule has 0 saturated carbocycles. The molecule has 2 aromatic rings. The van der Waals surface area contributed by atoms with E-state index < -0.39 is 0 Å². The molecule has 0 bridgehead atoms. The molecule has 21 heavy (non-hydrogen) atoms. The van der Waals surface area contributed by atoms with Gasteiger partial charge in [0, 0.05) is 16.6 Å². The Labute approximate surface area is 133 Å². The van der Waals surface area contributed by atoms with Crippen LogP contribution in [-0.2, 0) is 6.54 Å². The van der Waals surface area contributed by atoms with Gasteiger partial charge in [-0.1, -0.05) is 35.0 Å². The monoisotopic (exact) mass is 351 g/mol. The molecule has 0 radical (unpaired) electrons. The van der Waals surface area contributed by atoms with E-state index in [2.05, 4.69) is 28.2 Å². The molecule has 2 nitrogen and oxygen atoms in total. The van der Waals surface area contributed by atoms with Crippen LogP contribution in [0.2, 0.25) is 0 Å². The zero-order valence-corrected chi connectivity index (χ0v) is 13.8. The van der Waals surface area contributed by atoms with E-state index in [4.69, 9.17) is 4.74 Å². The molecule has 1 N–H and O–H groups in total. The molecular weight excluding hydrogens is 333 g/mol. The standard InChI is InChI=1S/C17H19BrFNO/c1-3-9-20-11-13-10-14(18)7-8-15(13)21-16-6-4-5-12(2)17(16)19/h4-8,10,20H,3,9,11H2,1-2H3. The van der Waals surface area contributed by atoms with Gasteiger partial charge in [-0.05, 0) is 49.7 Å². The third-order valence-corrected chi connectivity index (χ3v) is 3.63. The fourth-order valence-corrected chi connectivity index (χ4v) is 2.41. The van der Waals surface area contributed by atoms with E-state index >= 15 is 0 Å². The molecular formula is C17H19BrFNO. The van der Waals surface area contributed by atoms with Crippen molar-refractivity contribution in [1.29, 1.82) is 0 Å². The van der Waals surface area contributed by atoms with E-state index in [0.717, 1.165) is 23.0 Å². The van der Waals surface area contributed by atoms with Crippen LogP contribution in [-0.4, -0.2) is 6.54 Å². The summed E-state index contributed by atoms with van der Waals surface area (Å²) in [6, 6.07) is 10.9. The van der Waals surface area contributed by atoms with Gasteiger partial charge in [-0.25, -0.2) is 4.39 Å². The lowest BCUT2D eigenvalue weighted by Gasteiger charge is -2.13. The van der Waals surface area contributed by atoms with Crippen molar-refractivity contribution in [2.45, 2.75) is 26.8 Å². The molecule has 2 rings (SSSR count). The highest BCUT2D eigenvalue weighted by Crippen LogP contribution is 2.30. The second kappa shape index (κ2) is 7.57. The van der Waals surface area contributed by atoms with Crippen molar-refractivity contribution in [2.24, 2.45) is 0 Å². The van der Waals surface area contributed by atoms with E-state index in [9.17, 15) is 4.39 Å². The number of benzene rings is 2. The average molecular weight is 352 g/mol. The van der Waals surface area contributed by atoms with Crippen molar-refractivity contribution < 1.29 is 9.13 Å². The molecule has 0 aliphatic carbocycles. The predicted octanol–water partition coefficient (Wildman–Crippen LogP) is 5.19. The highest BCUT2D eigenvalue weighted by Gasteiger charge is 2.10. The van der Waals surface area contributed by atoms with Crippen molar-refractivity contribution >= 4 is 15.9 Å². The van der Waals surface area contributed by atoms with Gasteiger partial charge in [-0.2, -0.15) is 0 Å². The third-order valence-electron chi connectivity index (χ3n) is 3.14. The molecule has 0 fully saturated rings. The van der Waals surface area contributed by atoms with Crippen molar-refractivity contribution in [3.05, 3.63) is 57.8 Å². The molecule has 4 heteroatoms. The lowest BCUT2D eigenvalue weighted by Crippen LogP contribution is -2.14. The van der Waals surface area contributed by atoms with Crippen molar-refractivity contribution in [3.63, 3.8) is 0 Å². The van der Waals surface area contributed by atoms with Crippen molar-refractivity contribution in [1.82, 2.24) is 5.32 Å². The quantitative estimate of drug-likeness (QED) is 0.723. The Kier molecular flexibility index (Phi) is 5.76. The maximum atomic E-state index is 14.1. The summed E-state index contributed by atoms with van der Waals surface area (Å²) >= 11 is 3.46. The summed E-state index contributed by atoms with van der Waals surface area (Å²) < 4.78 is 20.8. The highest BCUT2D eigenvalue weighted by molar-refractivity contribution is 9.10. The maximum absolute atomic E-state index is 14.1. The van der Waals surface area contributed by atoms with Gasteiger partial charge in [0.1, 0.15) is 5.75 Å². The van der Waals surface area contributed by atoms with Crippen LogP contribution in [0.1, 0.15) is 24.5 Å². The average Bonchev–Trinajstić information content (AvgIpc) is 2.46. The molecule has 0 spiro atoms. The highest BCUT2D eigenvalue weighted by atomic mass is 79.9. The molecule has 0 aromatic heterocycles. The molecule has 0 heterocycles. The van der Waals surface area contributed by atoms with E-state index in [1.54, 1.807) is 25.1 Å². The number of hydrogen-bond acceptors (Lipinski definition) is 2. The maximum Gasteiger partial charge on any atom is 0.168 e. The molecule has 0 aliphatic rings. The van der Waals surface area contributed by atoms with Crippen LogP contribution in [0.4, 0.5) is 4.39 Å². The Morgan fingerprint density at radius 2 is 2.00 bits per heavy atom. The van der Waals surface area contributed by atoms with E-state index in [0.29, 0.717) is 17.9 Å². The Morgan fingerprint density at radius 1 is 1.19 bits per heavy atom. The summed E-state index contributed by atoms with van der Waals surface area (Å²) in [6.07, 6.45) is 1.07. The molecule has 0 unspecified atom stereocenters. The third kappa shape index (κ3) is 4.29. The van der Waals surface area contributed by atoms with Crippen LogP contribution < -0.4 is 10.1 Å². The lowest BCUT2D eigenvalue weighted by molar-refractivity contribution is 0.433. The first-order chi connectivity index (χ1) is 10.1. The number of aryl methyl sites for hydroxylation is 1. The number of halogens is 2. The summed E-state index contributed by atoms with van der Waals surface area (Å²) in [6.45, 7) is 5.47. The minimum atomic E-state index is -0.312. The van der Waals surface area contributed by atoms with Gasteiger partial charge in [0.2, 0.25) is 0 Å². The molecule has 112 valence electrons. The Hall–Kier alpha value is -1.39.